The Morgan fingerprint density at radius 1 is 0.733 bits per heavy atom. The highest BCUT2D eigenvalue weighted by Gasteiger charge is 2.05. The average molecular weight is 192 g/mol. The van der Waals surface area contributed by atoms with Crippen molar-refractivity contribution < 1.29 is 0 Å². The van der Waals surface area contributed by atoms with Crippen LogP contribution in [0.3, 0.4) is 0 Å². The van der Waals surface area contributed by atoms with E-state index in [-0.39, 0.29) is 0 Å². The zero-order valence-electron chi connectivity index (χ0n) is 8.48. The lowest BCUT2D eigenvalue weighted by molar-refractivity contribution is 1.26. The van der Waals surface area contributed by atoms with Crippen molar-refractivity contribution >= 4 is 11.6 Å². The average Bonchev–Trinajstić information content (AvgIpc) is 2.27. The predicted octanol–water partition coefficient (Wildman–Crippen LogP) is 1.87. The molecule has 3 rings (SSSR count). The van der Waals surface area contributed by atoms with Crippen molar-refractivity contribution in [1.29, 1.82) is 0 Å². The Kier molecular flexibility index (Phi) is 1.92. The maximum absolute atomic E-state index is 2.28. The second-order valence-electron chi connectivity index (χ2n) is 3.92. The second-order valence-corrected chi connectivity index (χ2v) is 3.92. The van der Waals surface area contributed by atoms with Gasteiger partial charge in [0.15, 0.2) is 0 Å². The normalized spacial score (nSPS) is 12.7. The lowest BCUT2D eigenvalue weighted by Gasteiger charge is -2.10. The minimum absolute atomic E-state index is 1.05. The van der Waals surface area contributed by atoms with Crippen molar-refractivity contribution in [3.05, 3.63) is 70.6 Å². The molecule has 0 fully saturated rings. The molecule has 1 aliphatic carbocycles. The third kappa shape index (κ3) is 1.48. The molecule has 0 N–H and O–H groups in total. The van der Waals surface area contributed by atoms with Gasteiger partial charge < -0.3 is 0 Å². The quantitative estimate of drug-likeness (QED) is 0.681. The van der Waals surface area contributed by atoms with Crippen molar-refractivity contribution in [2.24, 2.45) is 0 Å². The summed E-state index contributed by atoms with van der Waals surface area (Å²) in [4.78, 5) is 0. The highest BCUT2D eigenvalue weighted by molar-refractivity contribution is 5.83. The SMILES string of the molecule is C1=c2ccccc2=C1Cc1ccccc1. The molecule has 2 aromatic rings. The van der Waals surface area contributed by atoms with Gasteiger partial charge in [0, 0.05) is 0 Å². The molecule has 0 aromatic heterocycles. The third-order valence-corrected chi connectivity index (χ3v) is 2.87. The minimum Gasteiger partial charge on any atom is -0.0622 e. The monoisotopic (exact) mass is 192 g/mol. The first-order valence-electron chi connectivity index (χ1n) is 5.27. The van der Waals surface area contributed by atoms with E-state index in [1.165, 1.54) is 21.6 Å². The summed E-state index contributed by atoms with van der Waals surface area (Å²) in [7, 11) is 0. The fourth-order valence-electron chi connectivity index (χ4n) is 2.07. The highest BCUT2D eigenvalue weighted by atomic mass is 14.1. The Hall–Kier alpha value is -1.82. The Bertz CT molecular complexity index is 591. The van der Waals surface area contributed by atoms with Gasteiger partial charge in [-0.2, -0.15) is 0 Å². The number of rotatable bonds is 2. The lowest BCUT2D eigenvalue weighted by atomic mass is 9.94. The molecule has 0 atom stereocenters. The standard InChI is InChI=1S/C15H12/c1-2-6-12(7-3-1)10-14-11-13-8-4-5-9-15(13)14/h1-9,11H,10H2. The summed E-state index contributed by atoms with van der Waals surface area (Å²) in [5.74, 6) is 0. The van der Waals surface area contributed by atoms with Crippen LogP contribution in [0.5, 0.6) is 0 Å². The van der Waals surface area contributed by atoms with Gasteiger partial charge in [0.25, 0.3) is 0 Å². The smallest absolute Gasteiger partial charge is 0.00194 e. The first-order chi connectivity index (χ1) is 7.43. The number of fused-ring (bicyclic) bond motifs is 1. The van der Waals surface area contributed by atoms with E-state index >= 15 is 0 Å². The number of benzene rings is 2. The van der Waals surface area contributed by atoms with Gasteiger partial charge in [0.1, 0.15) is 0 Å². The van der Waals surface area contributed by atoms with Crippen molar-refractivity contribution in [1.82, 2.24) is 0 Å². The van der Waals surface area contributed by atoms with Gasteiger partial charge in [0.05, 0.1) is 0 Å². The molecule has 0 heterocycles. The summed E-state index contributed by atoms with van der Waals surface area (Å²) in [6, 6.07) is 19.2. The summed E-state index contributed by atoms with van der Waals surface area (Å²) in [6.07, 6.45) is 3.33. The molecule has 0 spiro atoms. The summed E-state index contributed by atoms with van der Waals surface area (Å²) < 4.78 is 0. The molecular formula is C15H12. The van der Waals surface area contributed by atoms with Gasteiger partial charge in [0.2, 0.25) is 0 Å². The molecule has 15 heavy (non-hydrogen) atoms. The van der Waals surface area contributed by atoms with Crippen LogP contribution in [-0.4, -0.2) is 0 Å². The molecule has 0 amide bonds. The van der Waals surface area contributed by atoms with E-state index in [0.29, 0.717) is 0 Å². The van der Waals surface area contributed by atoms with E-state index in [2.05, 4.69) is 60.7 Å². The predicted molar refractivity (Wildman–Crippen MR) is 63.7 cm³/mol. The molecule has 0 saturated heterocycles. The number of hydrogen-bond acceptors (Lipinski definition) is 0. The Morgan fingerprint density at radius 2 is 1.47 bits per heavy atom. The van der Waals surface area contributed by atoms with E-state index in [9.17, 15) is 0 Å². The van der Waals surface area contributed by atoms with Crippen LogP contribution in [0.2, 0.25) is 0 Å². The first kappa shape index (κ1) is 8.49. The molecule has 0 unspecified atom stereocenters. The minimum atomic E-state index is 1.05. The molecule has 0 bridgehead atoms. The zero-order valence-corrected chi connectivity index (χ0v) is 8.48. The Labute approximate surface area is 89.2 Å². The van der Waals surface area contributed by atoms with Crippen molar-refractivity contribution in [2.75, 3.05) is 0 Å². The van der Waals surface area contributed by atoms with Crippen LogP contribution >= 0.6 is 0 Å². The van der Waals surface area contributed by atoms with Crippen LogP contribution in [0, 0.1) is 0 Å². The highest BCUT2D eigenvalue weighted by Crippen LogP contribution is 2.10. The van der Waals surface area contributed by atoms with Gasteiger partial charge in [-0.3, -0.25) is 0 Å². The van der Waals surface area contributed by atoms with Crippen LogP contribution in [0.15, 0.2) is 54.6 Å². The van der Waals surface area contributed by atoms with Crippen LogP contribution < -0.4 is 10.4 Å². The zero-order chi connectivity index (χ0) is 10.1. The molecule has 72 valence electrons. The summed E-state index contributed by atoms with van der Waals surface area (Å²) in [6.45, 7) is 0. The van der Waals surface area contributed by atoms with Crippen LogP contribution in [0.4, 0.5) is 0 Å². The Balaban J connectivity index is 1.97. The van der Waals surface area contributed by atoms with E-state index in [1.807, 2.05) is 0 Å². The van der Waals surface area contributed by atoms with Gasteiger partial charge in [-0.1, -0.05) is 60.7 Å². The Morgan fingerprint density at radius 3 is 2.27 bits per heavy atom. The third-order valence-electron chi connectivity index (χ3n) is 2.87. The second kappa shape index (κ2) is 3.39. The summed E-state index contributed by atoms with van der Waals surface area (Å²) in [5, 5.41) is 2.80. The number of hydrogen-bond donors (Lipinski definition) is 0. The van der Waals surface area contributed by atoms with E-state index in [1.54, 1.807) is 0 Å². The van der Waals surface area contributed by atoms with Gasteiger partial charge in [-0.15, -0.1) is 0 Å². The first-order valence-corrected chi connectivity index (χ1v) is 5.27. The van der Waals surface area contributed by atoms with Crippen molar-refractivity contribution in [2.45, 2.75) is 6.42 Å². The van der Waals surface area contributed by atoms with E-state index in [0.717, 1.165) is 6.42 Å². The van der Waals surface area contributed by atoms with Crippen molar-refractivity contribution in [3.8, 4) is 0 Å². The summed E-state index contributed by atoms with van der Waals surface area (Å²) >= 11 is 0. The maximum atomic E-state index is 2.28. The topological polar surface area (TPSA) is 0 Å². The molecule has 1 aliphatic rings. The van der Waals surface area contributed by atoms with E-state index in [4.69, 9.17) is 0 Å². The van der Waals surface area contributed by atoms with Gasteiger partial charge >= 0.3 is 0 Å². The molecular weight excluding hydrogens is 180 g/mol. The maximum Gasteiger partial charge on any atom is -0.00194 e. The van der Waals surface area contributed by atoms with Crippen LogP contribution in [0.25, 0.3) is 11.6 Å². The van der Waals surface area contributed by atoms with E-state index < -0.39 is 0 Å². The van der Waals surface area contributed by atoms with Crippen LogP contribution in [-0.2, 0) is 6.42 Å². The molecule has 2 aromatic carbocycles. The fourth-order valence-corrected chi connectivity index (χ4v) is 2.07. The van der Waals surface area contributed by atoms with Gasteiger partial charge in [-0.25, -0.2) is 0 Å². The van der Waals surface area contributed by atoms with Crippen molar-refractivity contribution in [3.63, 3.8) is 0 Å². The van der Waals surface area contributed by atoms with Crippen LogP contribution in [0.1, 0.15) is 5.56 Å². The molecule has 0 heteroatoms. The molecule has 0 nitrogen and oxygen atoms in total. The largest absolute Gasteiger partial charge is 0.0622 e. The molecule has 0 saturated carbocycles. The lowest BCUT2D eigenvalue weighted by Crippen LogP contribution is -2.34. The molecule has 0 radical (unpaired) electrons. The summed E-state index contributed by atoms with van der Waals surface area (Å²) in [5.41, 5.74) is 2.84. The fraction of sp³-hybridized carbons (Fsp3) is 0.0667. The molecule has 0 aliphatic heterocycles. The van der Waals surface area contributed by atoms with Gasteiger partial charge in [-0.05, 0) is 28.0 Å².